The second-order valence-electron chi connectivity index (χ2n) is 3.78. The molecule has 0 saturated heterocycles. The Bertz CT molecular complexity index is 503. The van der Waals surface area contributed by atoms with Crippen molar-refractivity contribution in [2.45, 2.75) is 13.8 Å². The van der Waals surface area contributed by atoms with Crippen LogP contribution in [0, 0.1) is 13.8 Å². The minimum absolute atomic E-state index is 0.509. The molecule has 0 saturated carbocycles. The number of nitrogens with zero attached hydrogens (tertiary/aromatic N) is 4. The maximum Gasteiger partial charge on any atom is 0.154 e. The second-order valence-corrected chi connectivity index (χ2v) is 4.49. The van der Waals surface area contributed by atoms with Crippen LogP contribution in [0.15, 0.2) is 0 Å². The normalized spacial score (nSPS) is 11.1. The van der Waals surface area contributed by atoms with Gasteiger partial charge >= 0.3 is 0 Å². The summed E-state index contributed by atoms with van der Waals surface area (Å²) in [5, 5.41) is 9.37. The molecule has 0 N–H and O–H groups in total. The van der Waals surface area contributed by atoms with Crippen molar-refractivity contribution in [3.63, 3.8) is 0 Å². The zero-order valence-electron chi connectivity index (χ0n) is 9.54. The molecule has 0 unspecified atom stereocenters. The molecule has 0 spiro atoms. The van der Waals surface area contributed by atoms with Gasteiger partial charge in [0.1, 0.15) is 0 Å². The summed E-state index contributed by atoms with van der Waals surface area (Å²) in [5.41, 5.74) is 3.77. The summed E-state index contributed by atoms with van der Waals surface area (Å²) < 4.78 is 3.50. The van der Waals surface area contributed by atoms with E-state index in [1.54, 1.807) is 9.36 Å². The number of halogens is 2. The van der Waals surface area contributed by atoms with E-state index in [2.05, 4.69) is 10.2 Å². The van der Waals surface area contributed by atoms with Crippen molar-refractivity contribution in [2.75, 3.05) is 0 Å². The Kier molecular flexibility index (Phi) is 2.72. The molecule has 6 heteroatoms. The van der Waals surface area contributed by atoms with Gasteiger partial charge in [0.2, 0.25) is 0 Å². The Balaban J connectivity index is 2.76. The lowest BCUT2D eigenvalue weighted by molar-refractivity contribution is 0.737. The lowest BCUT2D eigenvalue weighted by atomic mass is 10.1. The van der Waals surface area contributed by atoms with Gasteiger partial charge in [0.05, 0.1) is 11.4 Å². The van der Waals surface area contributed by atoms with E-state index in [0.717, 1.165) is 22.5 Å². The predicted molar refractivity (Wildman–Crippen MR) is 64.9 cm³/mol. The molecule has 86 valence electrons. The van der Waals surface area contributed by atoms with Crippen LogP contribution in [0.2, 0.25) is 10.3 Å². The SMILES string of the molecule is Cc1c(Cl)nn(C)c1-c1c(C)c(Cl)nn1C. The predicted octanol–water partition coefficient (Wildman–Crippen LogP) is 2.74. The van der Waals surface area contributed by atoms with Crippen molar-refractivity contribution in [1.82, 2.24) is 19.6 Å². The molecular weight excluding hydrogens is 247 g/mol. The highest BCUT2D eigenvalue weighted by Crippen LogP contribution is 2.32. The Morgan fingerprint density at radius 2 is 1.12 bits per heavy atom. The number of rotatable bonds is 1. The maximum atomic E-state index is 6.00. The molecule has 2 aromatic heterocycles. The molecule has 4 nitrogen and oxygen atoms in total. The first kappa shape index (κ1) is 11.5. The number of hydrogen-bond acceptors (Lipinski definition) is 2. The zero-order valence-corrected chi connectivity index (χ0v) is 11.1. The average Bonchev–Trinajstić information content (AvgIpc) is 2.57. The third-order valence-electron chi connectivity index (χ3n) is 2.68. The molecule has 2 rings (SSSR count). The van der Waals surface area contributed by atoms with Gasteiger partial charge < -0.3 is 0 Å². The van der Waals surface area contributed by atoms with Crippen molar-refractivity contribution in [3.05, 3.63) is 21.4 Å². The highest BCUT2D eigenvalue weighted by molar-refractivity contribution is 6.31. The highest BCUT2D eigenvalue weighted by atomic mass is 35.5. The van der Waals surface area contributed by atoms with Gasteiger partial charge in [0.15, 0.2) is 10.3 Å². The fourth-order valence-corrected chi connectivity index (χ4v) is 2.26. The standard InChI is InChI=1S/C10H12Cl2N4/c1-5-7(15(3)13-9(5)11)8-6(2)10(12)14-16(8)4/h1-4H3. The Labute approximate surface area is 104 Å². The van der Waals surface area contributed by atoms with E-state index in [9.17, 15) is 0 Å². The Morgan fingerprint density at radius 1 is 0.812 bits per heavy atom. The summed E-state index contributed by atoms with van der Waals surface area (Å²) in [6.07, 6.45) is 0. The maximum absolute atomic E-state index is 6.00. The quantitative estimate of drug-likeness (QED) is 0.789. The van der Waals surface area contributed by atoms with E-state index < -0.39 is 0 Å². The van der Waals surface area contributed by atoms with Crippen molar-refractivity contribution in [2.24, 2.45) is 14.1 Å². The first-order valence-corrected chi connectivity index (χ1v) is 5.57. The molecule has 16 heavy (non-hydrogen) atoms. The summed E-state index contributed by atoms with van der Waals surface area (Å²) >= 11 is 12.0. The van der Waals surface area contributed by atoms with E-state index in [4.69, 9.17) is 23.2 Å². The summed E-state index contributed by atoms with van der Waals surface area (Å²) in [5.74, 6) is 0. The summed E-state index contributed by atoms with van der Waals surface area (Å²) in [6.45, 7) is 3.87. The van der Waals surface area contributed by atoms with Crippen LogP contribution in [-0.4, -0.2) is 19.6 Å². The van der Waals surface area contributed by atoms with Gasteiger partial charge in [-0.2, -0.15) is 10.2 Å². The number of aryl methyl sites for hydroxylation is 2. The van der Waals surface area contributed by atoms with Gasteiger partial charge in [-0.3, -0.25) is 9.36 Å². The van der Waals surface area contributed by atoms with E-state index in [0.29, 0.717) is 10.3 Å². The van der Waals surface area contributed by atoms with Crippen LogP contribution < -0.4 is 0 Å². The van der Waals surface area contributed by atoms with Crippen LogP contribution in [-0.2, 0) is 14.1 Å². The third kappa shape index (κ3) is 1.53. The molecular formula is C10H12Cl2N4. The van der Waals surface area contributed by atoms with Gasteiger partial charge in [-0.25, -0.2) is 0 Å². The fraction of sp³-hybridized carbons (Fsp3) is 0.400. The molecule has 0 aliphatic carbocycles. The highest BCUT2D eigenvalue weighted by Gasteiger charge is 2.20. The van der Waals surface area contributed by atoms with E-state index in [1.807, 2.05) is 27.9 Å². The lowest BCUT2D eigenvalue weighted by Crippen LogP contribution is -2.01. The van der Waals surface area contributed by atoms with Crippen LogP contribution in [0.3, 0.4) is 0 Å². The minimum Gasteiger partial charge on any atom is -0.265 e. The smallest absolute Gasteiger partial charge is 0.154 e. The van der Waals surface area contributed by atoms with Gasteiger partial charge in [0, 0.05) is 25.2 Å². The van der Waals surface area contributed by atoms with Gasteiger partial charge in [-0.15, -0.1) is 0 Å². The second kappa shape index (κ2) is 3.79. The molecule has 0 bridgehead atoms. The molecule has 0 aromatic carbocycles. The first-order valence-electron chi connectivity index (χ1n) is 4.82. The number of hydrogen-bond donors (Lipinski definition) is 0. The van der Waals surface area contributed by atoms with Crippen molar-refractivity contribution >= 4 is 23.2 Å². The average molecular weight is 259 g/mol. The van der Waals surface area contributed by atoms with Crippen LogP contribution in [0.1, 0.15) is 11.1 Å². The molecule has 0 atom stereocenters. The molecule has 0 aliphatic heterocycles. The third-order valence-corrected chi connectivity index (χ3v) is 3.39. The van der Waals surface area contributed by atoms with Crippen molar-refractivity contribution in [1.29, 1.82) is 0 Å². The molecule has 2 heterocycles. The van der Waals surface area contributed by atoms with Crippen LogP contribution in [0.4, 0.5) is 0 Å². The summed E-state index contributed by atoms with van der Waals surface area (Å²) in [7, 11) is 3.71. The minimum atomic E-state index is 0.509. The topological polar surface area (TPSA) is 35.6 Å². The largest absolute Gasteiger partial charge is 0.265 e. The van der Waals surface area contributed by atoms with E-state index >= 15 is 0 Å². The molecule has 0 radical (unpaired) electrons. The van der Waals surface area contributed by atoms with E-state index in [-0.39, 0.29) is 0 Å². The molecule has 0 fully saturated rings. The molecule has 0 amide bonds. The lowest BCUT2D eigenvalue weighted by Gasteiger charge is -2.05. The van der Waals surface area contributed by atoms with Gasteiger partial charge in [0.25, 0.3) is 0 Å². The van der Waals surface area contributed by atoms with Crippen LogP contribution >= 0.6 is 23.2 Å². The molecule has 2 aromatic rings. The summed E-state index contributed by atoms with van der Waals surface area (Å²) in [4.78, 5) is 0. The zero-order chi connectivity index (χ0) is 12.0. The van der Waals surface area contributed by atoms with Crippen LogP contribution in [0.5, 0.6) is 0 Å². The summed E-state index contributed by atoms with van der Waals surface area (Å²) in [6, 6.07) is 0. The van der Waals surface area contributed by atoms with Gasteiger partial charge in [-0.05, 0) is 13.8 Å². The Morgan fingerprint density at radius 3 is 1.31 bits per heavy atom. The van der Waals surface area contributed by atoms with Crippen molar-refractivity contribution < 1.29 is 0 Å². The fourth-order valence-electron chi connectivity index (χ4n) is 1.86. The molecule has 0 aliphatic rings. The van der Waals surface area contributed by atoms with Crippen LogP contribution in [0.25, 0.3) is 11.4 Å². The van der Waals surface area contributed by atoms with Crippen molar-refractivity contribution in [3.8, 4) is 11.4 Å². The Hall–Kier alpha value is -1.00. The first-order chi connectivity index (χ1) is 7.43. The van der Waals surface area contributed by atoms with E-state index in [1.165, 1.54) is 0 Å². The van der Waals surface area contributed by atoms with Gasteiger partial charge in [-0.1, -0.05) is 23.2 Å². The number of aromatic nitrogens is 4. The monoisotopic (exact) mass is 258 g/mol.